The second-order valence-corrected chi connectivity index (χ2v) is 5.82. The molecule has 3 atom stereocenters. The summed E-state index contributed by atoms with van der Waals surface area (Å²) in [5, 5.41) is 0. The Morgan fingerprint density at radius 2 is 2.06 bits per heavy atom. The van der Waals surface area contributed by atoms with E-state index in [1.165, 1.54) is 17.6 Å². The van der Waals surface area contributed by atoms with E-state index in [-0.39, 0.29) is 12.4 Å². The molecular formula is C14H25IO2. The van der Waals surface area contributed by atoms with Crippen LogP contribution in [0.3, 0.4) is 0 Å². The molecule has 0 spiro atoms. The van der Waals surface area contributed by atoms with Crippen LogP contribution in [0.5, 0.6) is 0 Å². The van der Waals surface area contributed by atoms with Gasteiger partial charge in [0.25, 0.3) is 0 Å². The lowest BCUT2D eigenvalue weighted by Gasteiger charge is -2.22. The second-order valence-electron chi connectivity index (χ2n) is 4.94. The van der Waals surface area contributed by atoms with Gasteiger partial charge in [0.05, 0.1) is 10.5 Å². The first kappa shape index (κ1) is 15.4. The van der Waals surface area contributed by atoms with Crippen molar-refractivity contribution in [1.29, 1.82) is 0 Å². The SMILES string of the molecule is CCCCOC(CI)OC1CC(C)C(C)=C1C. The zero-order valence-electron chi connectivity index (χ0n) is 11.5. The fraction of sp³-hybridized carbons (Fsp3) is 0.857. The predicted molar refractivity (Wildman–Crippen MR) is 80.6 cm³/mol. The average Bonchev–Trinajstić information content (AvgIpc) is 2.56. The standard InChI is InChI=1S/C14H25IO2/c1-5-6-7-16-14(9-15)17-13-8-10(2)11(3)12(13)4/h10,13-14H,5-9H2,1-4H3. The molecule has 0 fully saturated rings. The maximum absolute atomic E-state index is 6.07. The summed E-state index contributed by atoms with van der Waals surface area (Å²) >= 11 is 2.34. The first-order valence-corrected chi connectivity index (χ1v) is 8.13. The Morgan fingerprint density at radius 3 is 2.53 bits per heavy atom. The number of ether oxygens (including phenoxy) is 2. The molecule has 17 heavy (non-hydrogen) atoms. The van der Waals surface area contributed by atoms with E-state index in [2.05, 4.69) is 50.3 Å². The Morgan fingerprint density at radius 1 is 1.35 bits per heavy atom. The lowest BCUT2D eigenvalue weighted by atomic mass is 10.1. The molecule has 100 valence electrons. The molecule has 3 unspecified atom stereocenters. The third kappa shape index (κ3) is 4.52. The van der Waals surface area contributed by atoms with E-state index in [4.69, 9.17) is 9.47 Å². The lowest BCUT2D eigenvalue weighted by molar-refractivity contribution is -0.147. The predicted octanol–water partition coefficient (Wildman–Crippen LogP) is 4.33. The summed E-state index contributed by atoms with van der Waals surface area (Å²) in [6, 6.07) is 0. The molecule has 0 amide bonds. The van der Waals surface area contributed by atoms with Crippen molar-refractivity contribution in [3.8, 4) is 0 Å². The smallest absolute Gasteiger partial charge is 0.167 e. The first-order chi connectivity index (χ1) is 8.10. The minimum absolute atomic E-state index is 0.0415. The van der Waals surface area contributed by atoms with E-state index >= 15 is 0 Å². The summed E-state index contributed by atoms with van der Waals surface area (Å²) in [5.74, 6) is 0.658. The summed E-state index contributed by atoms with van der Waals surface area (Å²) in [6.07, 6.45) is 3.63. The fourth-order valence-corrected chi connectivity index (χ4v) is 2.60. The molecule has 0 aliphatic heterocycles. The maximum Gasteiger partial charge on any atom is 0.167 e. The van der Waals surface area contributed by atoms with Crippen LogP contribution in [-0.4, -0.2) is 23.4 Å². The van der Waals surface area contributed by atoms with Crippen molar-refractivity contribution in [2.45, 2.75) is 59.4 Å². The van der Waals surface area contributed by atoms with Crippen LogP contribution in [0, 0.1) is 5.92 Å². The van der Waals surface area contributed by atoms with Crippen LogP contribution in [0.15, 0.2) is 11.1 Å². The Labute approximate surface area is 119 Å². The Bertz CT molecular complexity index is 263. The Hall–Kier alpha value is 0.390. The molecule has 0 heterocycles. The summed E-state index contributed by atoms with van der Waals surface area (Å²) in [7, 11) is 0. The maximum atomic E-state index is 6.07. The van der Waals surface area contributed by atoms with Crippen LogP contribution >= 0.6 is 22.6 Å². The number of rotatable bonds is 7. The largest absolute Gasteiger partial charge is 0.352 e. The molecule has 0 N–H and O–H groups in total. The molecule has 3 heteroatoms. The monoisotopic (exact) mass is 352 g/mol. The van der Waals surface area contributed by atoms with Gasteiger partial charge in [-0.1, -0.05) is 48.4 Å². The van der Waals surface area contributed by atoms with Crippen LogP contribution in [0.1, 0.15) is 47.0 Å². The highest BCUT2D eigenvalue weighted by Crippen LogP contribution is 2.34. The van der Waals surface area contributed by atoms with Crippen molar-refractivity contribution in [2.24, 2.45) is 5.92 Å². The van der Waals surface area contributed by atoms with Gasteiger partial charge in [-0.25, -0.2) is 0 Å². The summed E-state index contributed by atoms with van der Waals surface area (Å²) in [6.45, 7) is 9.69. The molecular weight excluding hydrogens is 327 g/mol. The van der Waals surface area contributed by atoms with Crippen molar-refractivity contribution in [3.05, 3.63) is 11.1 Å². The molecule has 0 radical (unpaired) electrons. The van der Waals surface area contributed by atoms with Gasteiger partial charge >= 0.3 is 0 Å². The first-order valence-electron chi connectivity index (χ1n) is 6.60. The molecule has 1 rings (SSSR count). The van der Waals surface area contributed by atoms with Gasteiger partial charge in [-0.15, -0.1) is 0 Å². The number of unbranched alkanes of at least 4 members (excludes halogenated alkanes) is 1. The highest BCUT2D eigenvalue weighted by atomic mass is 127. The molecule has 0 aromatic carbocycles. The highest BCUT2D eigenvalue weighted by molar-refractivity contribution is 14.1. The van der Waals surface area contributed by atoms with E-state index < -0.39 is 0 Å². The van der Waals surface area contributed by atoms with Crippen LogP contribution in [0.4, 0.5) is 0 Å². The van der Waals surface area contributed by atoms with Crippen molar-refractivity contribution >= 4 is 22.6 Å². The summed E-state index contributed by atoms with van der Waals surface area (Å²) in [5.41, 5.74) is 2.90. The molecule has 0 saturated heterocycles. The third-order valence-corrected chi connectivity index (χ3v) is 4.37. The Kier molecular flexibility index (Phi) is 7.04. The lowest BCUT2D eigenvalue weighted by Crippen LogP contribution is -2.26. The topological polar surface area (TPSA) is 18.5 Å². The van der Waals surface area contributed by atoms with E-state index in [9.17, 15) is 0 Å². The van der Waals surface area contributed by atoms with Gasteiger partial charge < -0.3 is 9.47 Å². The second kappa shape index (κ2) is 7.74. The van der Waals surface area contributed by atoms with Crippen molar-refractivity contribution in [1.82, 2.24) is 0 Å². The number of allylic oxidation sites excluding steroid dienone is 1. The zero-order valence-corrected chi connectivity index (χ0v) is 13.6. The van der Waals surface area contributed by atoms with Gasteiger partial charge in [-0.3, -0.25) is 0 Å². The van der Waals surface area contributed by atoms with Crippen LogP contribution < -0.4 is 0 Å². The molecule has 0 bridgehead atoms. The molecule has 2 nitrogen and oxygen atoms in total. The Balaban J connectivity index is 2.41. The van der Waals surface area contributed by atoms with E-state index in [1.54, 1.807) is 0 Å². The van der Waals surface area contributed by atoms with Crippen molar-refractivity contribution < 1.29 is 9.47 Å². The molecule has 0 saturated carbocycles. The molecule has 0 aromatic rings. The van der Waals surface area contributed by atoms with Crippen molar-refractivity contribution in [3.63, 3.8) is 0 Å². The van der Waals surface area contributed by atoms with Gasteiger partial charge in [-0.05, 0) is 38.2 Å². The van der Waals surface area contributed by atoms with E-state index in [1.807, 2.05) is 0 Å². The number of hydrogen-bond acceptors (Lipinski definition) is 2. The number of hydrogen-bond donors (Lipinski definition) is 0. The van der Waals surface area contributed by atoms with Gasteiger partial charge in [0.15, 0.2) is 6.29 Å². The zero-order chi connectivity index (χ0) is 12.8. The fourth-order valence-electron chi connectivity index (χ4n) is 2.14. The normalized spacial score (nSPS) is 26.6. The van der Waals surface area contributed by atoms with Crippen LogP contribution in [0.25, 0.3) is 0 Å². The summed E-state index contributed by atoms with van der Waals surface area (Å²) in [4.78, 5) is 0. The number of halogens is 1. The van der Waals surface area contributed by atoms with E-state index in [0.29, 0.717) is 5.92 Å². The highest BCUT2D eigenvalue weighted by Gasteiger charge is 2.28. The minimum atomic E-state index is -0.0415. The summed E-state index contributed by atoms with van der Waals surface area (Å²) < 4.78 is 12.7. The van der Waals surface area contributed by atoms with Gasteiger partial charge in [-0.2, -0.15) is 0 Å². The average molecular weight is 352 g/mol. The molecule has 0 aromatic heterocycles. The minimum Gasteiger partial charge on any atom is -0.352 e. The van der Waals surface area contributed by atoms with Crippen LogP contribution in [-0.2, 0) is 9.47 Å². The number of alkyl halides is 1. The van der Waals surface area contributed by atoms with Gasteiger partial charge in [0.1, 0.15) is 0 Å². The molecule has 1 aliphatic rings. The molecule has 1 aliphatic carbocycles. The third-order valence-electron chi connectivity index (χ3n) is 3.66. The van der Waals surface area contributed by atoms with Crippen LogP contribution in [0.2, 0.25) is 0 Å². The quantitative estimate of drug-likeness (QED) is 0.223. The van der Waals surface area contributed by atoms with Gasteiger partial charge in [0, 0.05) is 6.61 Å². The van der Waals surface area contributed by atoms with Gasteiger partial charge in [0.2, 0.25) is 0 Å². The van der Waals surface area contributed by atoms with E-state index in [0.717, 1.165) is 23.9 Å². The van der Waals surface area contributed by atoms with Crippen molar-refractivity contribution in [2.75, 3.05) is 11.0 Å².